The zero-order chi connectivity index (χ0) is 11.5. The topological polar surface area (TPSA) is 9.72 Å². The summed E-state index contributed by atoms with van der Waals surface area (Å²) in [5, 5.41) is 0. The van der Waals surface area contributed by atoms with Crippen LogP contribution in [-0.2, 0) is 0 Å². The Morgan fingerprint density at radius 1 is 0.857 bits per heavy atom. The van der Waals surface area contributed by atoms with Crippen LogP contribution in [0.3, 0.4) is 0 Å². The van der Waals surface area contributed by atoms with Gasteiger partial charge >= 0.3 is 95.0 Å². The van der Waals surface area contributed by atoms with Crippen LogP contribution in [0.2, 0.25) is 3.93 Å². The molecule has 0 bridgehead atoms. The fourth-order valence-electron chi connectivity index (χ4n) is 2.80. The van der Waals surface area contributed by atoms with Gasteiger partial charge in [-0.05, 0) is 0 Å². The van der Waals surface area contributed by atoms with Crippen LogP contribution in [0.4, 0.5) is 0 Å². The summed E-state index contributed by atoms with van der Waals surface area (Å²) in [4.78, 5) is 0. The summed E-state index contributed by atoms with van der Waals surface area (Å²) in [5.41, 5.74) is 0. The zero-order valence-corrected chi connectivity index (χ0v) is 14.0. The van der Waals surface area contributed by atoms with E-state index >= 15 is 0 Å². The second-order valence-corrected chi connectivity index (χ2v) is 19.1. The van der Waals surface area contributed by atoms with Crippen molar-refractivity contribution in [3.63, 3.8) is 0 Å². The summed E-state index contributed by atoms with van der Waals surface area (Å²) in [6.45, 7) is 4.70. The molecule has 1 atom stereocenters. The molecule has 4 heteroatoms. The molecular formula is C10H27N3Sn. The van der Waals surface area contributed by atoms with Crippen molar-refractivity contribution in [3.8, 4) is 0 Å². The van der Waals surface area contributed by atoms with Gasteiger partial charge in [0.25, 0.3) is 0 Å². The van der Waals surface area contributed by atoms with Crippen molar-refractivity contribution in [2.45, 2.75) is 24.2 Å². The number of rotatable bonds is 5. The first-order valence-corrected chi connectivity index (χ1v) is 10.8. The van der Waals surface area contributed by atoms with Crippen molar-refractivity contribution in [1.29, 1.82) is 0 Å². The Balaban J connectivity index is 5.16. The van der Waals surface area contributed by atoms with Gasteiger partial charge in [-0.3, -0.25) is 0 Å². The van der Waals surface area contributed by atoms with E-state index in [0.29, 0.717) is 0 Å². The maximum atomic E-state index is 2.50. The normalized spacial score (nSPS) is 15.6. The second-order valence-electron chi connectivity index (χ2n) is 4.68. The van der Waals surface area contributed by atoms with Gasteiger partial charge in [0, 0.05) is 0 Å². The van der Waals surface area contributed by atoms with Crippen molar-refractivity contribution in [2.24, 2.45) is 0 Å². The Bertz CT molecular complexity index is 147. The van der Waals surface area contributed by atoms with Crippen molar-refractivity contribution in [3.05, 3.63) is 0 Å². The van der Waals surface area contributed by atoms with Crippen LogP contribution in [-0.4, -0.2) is 70.8 Å². The monoisotopic (exact) mass is 309 g/mol. The van der Waals surface area contributed by atoms with E-state index in [1.807, 2.05) is 0 Å². The van der Waals surface area contributed by atoms with Gasteiger partial charge in [-0.15, -0.1) is 0 Å². The van der Waals surface area contributed by atoms with Crippen molar-refractivity contribution >= 4 is 19.2 Å². The molecule has 0 radical (unpaired) electrons. The summed E-state index contributed by atoms with van der Waals surface area (Å²) in [5.74, 6) is 0. The van der Waals surface area contributed by atoms with Crippen LogP contribution in [0.1, 0.15) is 20.3 Å². The summed E-state index contributed by atoms with van der Waals surface area (Å²) in [7, 11) is 13.4. The third kappa shape index (κ3) is 2.43. The third-order valence-corrected chi connectivity index (χ3v) is 19.5. The average molecular weight is 308 g/mol. The molecule has 0 spiro atoms. The number of nitrogens with zero attached hydrogens (tertiary/aromatic N) is 3. The summed E-state index contributed by atoms with van der Waals surface area (Å²) in [6, 6.07) is 0. The molecule has 0 amide bonds. The SMILES string of the molecule is CC[CH](C)[Sn]([N](C)C)([N](C)C)[N](C)C. The Kier molecular flexibility index (Phi) is 5.95. The summed E-state index contributed by atoms with van der Waals surface area (Å²) in [6.07, 6.45) is 1.27. The van der Waals surface area contributed by atoms with Crippen molar-refractivity contribution in [2.75, 3.05) is 42.3 Å². The van der Waals surface area contributed by atoms with Gasteiger partial charge < -0.3 is 0 Å². The predicted molar refractivity (Wildman–Crippen MR) is 66.5 cm³/mol. The Labute approximate surface area is 95.0 Å². The molecule has 86 valence electrons. The Morgan fingerprint density at radius 2 is 1.14 bits per heavy atom. The molecule has 0 N–H and O–H groups in total. The van der Waals surface area contributed by atoms with E-state index in [9.17, 15) is 0 Å². The van der Waals surface area contributed by atoms with E-state index < -0.39 is 19.2 Å². The zero-order valence-electron chi connectivity index (χ0n) is 11.1. The van der Waals surface area contributed by atoms with Crippen LogP contribution < -0.4 is 0 Å². The standard InChI is InChI=1S/C4H9.3C2H6N.Sn/c1-3-4-2;3*1-3-2;/h3H,4H2,1-2H3;3*1-2H3;/q;3*-1;+3. The van der Waals surface area contributed by atoms with Crippen LogP contribution in [0.15, 0.2) is 0 Å². The molecule has 0 aromatic rings. The molecule has 0 saturated carbocycles. The van der Waals surface area contributed by atoms with Gasteiger partial charge in [0.2, 0.25) is 0 Å². The fourth-order valence-corrected chi connectivity index (χ4v) is 18.8. The Morgan fingerprint density at radius 3 is 1.21 bits per heavy atom. The first-order valence-electron chi connectivity index (χ1n) is 5.34. The molecule has 3 nitrogen and oxygen atoms in total. The molecule has 0 aromatic carbocycles. The molecule has 1 unspecified atom stereocenters. The second kappa shape index (κ2) is 5.68. The van der Waals surface area contributed by atoms with E-state index in [2.05, 4.69) is 65.5 Å². The van der Waals surface area contributed by atoms with Gasteiger partial charge in [-0.25, -0.2) is 0 Å². The predicted octanol–water partition coefficient (Wildman–Crippen LogP) is 1.41. The van der Waals surface area contributed by atoms with E-state index in [-0.39, 0.29) is 0 Å². The maximum absolute atomic E-state index is 2.50. The van der Waals surface area contributed by atoms with Gasteiger partial charge in [0.05, 0.1) is 0 Å². The molecule has 0 heterocycles. The molecular weight excluding hydrogens is 281 g/mol. The number of hydrogen-bond acceptors (Lipinski definition) is 3. The molecule has 0 aliphatic heterocycles. The van der Waals surface area contributed by atoms with Crippen LogP contribution in [0.5, 0.6) is 0 Å². The molecule has 0 fully saturated rings. The quantitative estimate of drug-likeness (QED) is 0.711. The van der Waals surface area contributed by atoms with E-state index in [0.717, 1.165) is 3.93 Å². The first-order chi connectivity index (χ1) is 6.31. The van der Waals surface area contributed by atoms with Crippen LogP contribution >= 0.6 is 0 Å². The molecule has 0 saturated heterocycles. The van der Waals surface area contributed by atoms with Gasteiger partial charge in [-0.2, -0.15) is 0 Å². The van der Waals surface area contributed by atoms with Crippen molar-refractivity contribution in [1.82, 2.24) is 9.36 Å². The van der Waals surface area contributed by atoms with Crippen LogP contribution in [0, 0.1) is 0 Å². The molecule has 0 rings (SSSR count). The minimum absolute atomic E-state index is 0.810. The summed E-state index contributed by atoms with van der Waals surface area (Å²) < 4.78 is 8.32. The minimum atomic E-state index is -2.47. The first kappa shape index (κ1) is 14.7. The molecule has 14 heavy (non-hydrogen) atoms. The van der Waals surface area contributed by atoms with Gasteiger partial charge in [0.1, 0.15) is 0 Å². The van der Waals surface area contributed by atoms with E-state index in [1.165, 1.54) is 6.42 Å². The third-order valence-electron chi connectivity index (χ3n) is 3.25. The molecule has 0 aliphatic carbocycles. The molecule has 0 aliphatic rings. The summed E-state index contributed by atoms with van der Waals surface area (Å²) >= 11 is -2.47. The number of hydrogen-bond donors (Lipinski definition) is 0. The van der Waals surface area contributed by atoms with Gasteiger partial charge in [-0.1, -0.05) is 0 Å². The van der Waals surface area contributed by atoms with Gasteiger partial charge in [0.15, 0.2) is 0 Å². The molecule has 0 aromatic heterocycles. The van der Waals surface area contributed by atoms with Crippen LogP contribution in [0.25, 0.3) is 0 Å². The Hall–Kier alpha value is 0.679. The average Bonchev–Trinajstić information content (AvgIpc) is 2.02. The van der Waals surface area contributed by atoms with Crippen molar-refractivity contribution < 1.29 is 0 Å². The van der Waals surface area contributed by atoms with E-state index in [4.69, 9.17) is 0 Å². The van der Waals surface area contributed by atoms with E-state index in [1.54, 1.807) is 0 Å². The fraction of sp³-hybridized carbons (Fsp3) is 1.00.